The molecule has 0 amide bonds. The second kappa shape index (κ2) is 9.32. The van der Waals surface area contributed by atoms with E-state index in [1.165, 1.54) is 12.3 Å². The number of phosphoric acid groups is 3. The van der Waals surface area contributed by atoms with Crippen LogP contribution in [0.15, 0.2) is 12.3 Å². The number of nitrogens with zero attached hydrogens (tertiary/aromatic N) is 1. The van der Waals surface area contributed by atoms with Crippen LogP contribution >= 0.6 is 47.9 Å². The number of ether oxygens (including phenoxy) is 1. The lowest BCUT2D eigenvalue weighted by atomic mass is 9.95. The van der Waals surface area contributed by atoms with Crippen molar-refractivity contribution in [1.29, 1.82) is 0 Å². The van der Waals surface area contributed by atoms with Crippen molar-refractivity contribution in [3.8, 4) is 12.3 Å². The average Bonchev–Trinajstić information content (AvgIpc) is 2.82. The van der Waals surface area contributed by atoms with E-state index in [1.54, 1.807) is 0 Å². The third-order valence-electron chi connectivity index (χ3n) is 3.64. The molecule has 0 bridgehead atoms. The van der Waals surface area contributed by atoms with Crippen molar-refractivity contribution in [2.45, 2.75) is 24.0 Å². The number of H-pyrrole nitrogens is 1. The fraction of sp³-hybridized carbons (Fsp3) is 0.455. The van der Waals surface area contributed by atoms with Gasteiger partial charge in [-0.2, -0.15) is 8.62 Å². The molecule has 1 saturated heterocycles. The van der Waals surface area contributed by atoms with Crippen LogP contribution in [-0.4, -0.2) is 63.8 Å². The van der Waals surface area contributed by atoms with Gasteiger partial charge in [-0.25, -0.2) is 13.7 Å². The topological polar surface area (TPSA) is 230 Å². The van der Waals surface area contributed by atoms with Crippen LogP contribution in [-0.2, 0) is 31.6 Å². The normalized spacial score (nSPS) is 30.3. The van der Waals surface area contributed by atoms with Gasteiger partial charge in [0.25, 0.3) is 0 Å². The maximum Gasteiger partial charge on any atom is 0.490 e. The molecular formula is C11H15N2O13P3S2. The molecule has 31 heavy (non-hydrogen) atoms. The van der Waals surface area contributed by atoms with Crippen LogP contribution in [0.1, 0.15) is 6.23 Å². The Morgan fingerprint density at radius 2 is 1.84 bits per heavy atom. The van der Waals surface area contributed by atoms with Gasteiger partial charge in [0, 0.05) is 6.20 Å². The lowest BCUT2D eigenvalue weighted by Gasteiger charge is -2.26. The third-order valence-corrected chi connectivity index (χ3v) is 7.99. The van der Waals surface area contributed by atoms with Crippen LogP contribution in [0.5, 0.6) is 0 Å². The molecule has 1 fully saturated rings. The maximum absolute atomic E-state index is 11.8. The Hall–Kier alpha value is -0.630. The first-order valence-corrected chi connectivity index (χ1v) is 13.0. The van der Waals surface area contributed by atoms with Gasteiger partial charge in [0.05, 0.1) is 6.61 Å². The Bertz CT molecular complexity index is 1140. The number of rotatable bonds is 8. The first-order chi connectivity index (χ1) is 14.0. The number of aromatic amines is 1. The van der Waals surface area contributed by atoms with E-state index in [0.29, 0.717) is 0 Å². The Morgan fingerprint density at radius 1 is 1.23 bits per heavy atom. The average molecular weight is 540 g/mol. The zero-order valence-corrected chi connectivity index (χ0v) is 19.1. The molecule has 7 N–H and O–H groups in total. The molecule has 0 saturated carbocycles. The molecule has 1 aliphatic rings. The summed E-state index contributed by atoms with van der Waals surface area (Å²) < 4.78 is 52.0. The van der Waals surface area contributed by atoms with Gasteiger partial charge in [0.2, 0.25) is 0 Å². The lowest BCUT2D eigenvalue weighted by molar-refractivity contribution is -0.0751. The summed E-state index contributed by atoms with van der Waals surface area (Å²) >= 11 is 9.96. The van der Waals surface area contributed by atoms with Crippen molar-refractivity contribution in [3.05, 3.63) is 21.7 Å². The second-order valence-corrected chi connectivity index (χ2v) is 11.1. The Balaban J connectivity index is 2.19. The van der Waals surface area contributed by atoms with Gasteiger partial charge in [-0.3, -0.25) is 9.09 Å². The summed E-state index contributed by atoms with van der Waals surface area (Å²) in [6.07, 6.45) is 1.58. The molecule has 1 aromatic rings. The number of aliphatic hydroxyl groups is 2. The van der Waals surface area contributed by atoms with Crippen LogP contribution in [0.2, 0.25) is 0 Å². The lowest BCUT2D eigenvalue weighted by Crippen LogP contribution is -2.46. The molecule has 0 spiro atoms. The van der Waals surface area contributed by atoms with Gasteiger partial charge in [0.1, 0.15) is 16.8 Å². The smallest absolute Gasteiger partial charge is 0.386 e. The largest absolute Gasteiger partial charge is 0.490 e. The van der Waals surface area contributed by atoms with E-state index in [-0.39, 0.29) is 9.41 Å². The second-order valence-electron chi connectivity index (χ2n) is 5.85. The van der Waals surface area contributed by atoms with E-state index >= 15 is 0 Å². The highest BCUT2D eigenvalue weighted by atomic mass is 32.1. The molecule has 0 aromatic carbocycles. The third kappa shape index (κ3) is 6.68. The van der Waals surface area contributed by atoms with Crippen LogP contribution in [0.4, 0.5) is 0 Å². The van der Waals surface area contributed by atoms with E-state index in [0.717, 1.165) is 4.57 Å². The van der Waals surface area contributed by atoms with Crippen molar-refractivity contribution in [2.75, 3.05) is 6.61 Å². The number of nitrogens with one attached hydrogen (secondary N) is 1. The summed E-state index contributed by atoms with van der Waals surface area (Å²) in [5, 5.41) is 21.0. The Labute approximate surface area is 183 Å². The molecule has 1 aromatic heterocycles. The summed E-state index contributed by atoms with van der Waals surface area (Å²) in [6.45, 7) is -1.04. The summed E-state index contributed by atoms with van der Waals surface area (Å²) in [5.41, 5.74) is -2.40. The monoisotopic (exact) mass is 540 g/mol. The summed E-state index contributed by atoms with van der Waals surface area (Å²) in [4.78, 5) is 38.2. The number of terminal acetylenes is 1. The first-order valence-electron chi connectivity index (χ1n) is 7.63. The minimum absolute atomic E-state index is 0.0492. The molecule has 0 aliphatic carbocycles. The summed E-state index contributed by atoms with van der Waals surface area (Å²) in [6, 6.07) is 1.37. The fourth-order valence-corrected chi connectivity index (χ4v) is 5.94. The van der Waals surface area contributed by atoms with E-state index in [2.05, 4.69) is 18.1 Å². The predicted molar refractivity (Wildman–Crippen MR) is 104 cm³/mol. The van der Waals surface area contributed by atoms with E-state index in [9.17, 15) is 28.8 Å². The molecule has 1 aliphatic heterocycles. The van der Waals surface area contributed by atoms with Crippen molar-refractivity contribution in [3.63, 3.8) is 0 Å². The molecule has 0 radical (unpaired) electrons. The van der Waals surface area contributed by atoms with Gasteiger partial charge in [-0.15, -0.1) is 6.42 Å². The zero-order chi connectivity index (χ0) is 23.8. The number of aliphatic hydroxyl groups excluding tert-OH is 1. The van der Waals surface area contributed by atoms with Crippen molar-refractivity contribution in [1.82, 2.24) is 9.55 Å². The molecule has 6 unspecified atom stereocenters. The first kappa shape index (κ1) is 26.6. The van der Waals surface area contributed by atoms with Gasteiger partial charge in [0.15, 0.2) is 16.6 Å². The fourth-order valence-electron chi connectivity index (χ4n) is 2.42. The van der Waals surface area contributed by atoms with E-state index in [1.807, 2.05) is 5.92 Å². The molecular weight excluding hydrogens is 525 g/mol. The number of hydrogen-bond acceptors (Lipinski definition) is 11. The molecule has 15 nitrogen and oxygen atoms in total. The molecule has 6 atom stereocenters. The Morgan fingerprint density at radius 3 is 2.35 bits per heavy atom. The summed E-state index contributed by atoms with van der Waals surface area (Å²) in [7, 11) is -16.8. The standard InChI is InChI=1S/C11H15N2O13P3S2/c1-2-11(15)8(14)6(24-9(11)13-4-3-7(30)12-10(13)31)5-23-28(19,20)26-29(21,22)25-27(16,17)18/h1,3-4,6,8-9,14-15H,5H2,(H,19,20)(H,21,22)(H,12,30,31)(H2,16,17,18). The van der Waals surface area contributed by atoms with E-state index < -0.39 is 54.1 Å². The molecule has 20 heteroatoms. The number of phosphoric ester groups is 1. The maximum atomic E-state index is 11.8. The highest BCUT2D eigenvalue weighted by molar-refractivity contribution is 7.72. The number of aromatic nitrogens is 2. The minimum Gasteiger partial charge on any atom is -0.386 e. The molecule has 174 valence electrons. The number of hydrogen-bond donors (Lipinski definition) is 7. The van der Waals surface area contributed by atoms with Crippen molar-refractivity contribution < 1.29 is 61.4 Å². The molecule has 2 heterocycles. The minimum atomic E-state index is -5.73. The van der Waals surface area contributed by atoms with Crippen molar-refractivity contribution in [2.24, 2.45) is 0 Å². The quantitative estimate of drug-likeness (QED) is 0.133. The van der Waals surface area contributed by atoms with Gasteiger partial charge in [-0.05, 0) is 18.3 Å². The highest BCUT2D eigenvalue weighted by Crippen LogP contribution is 2.66. The van der Waals surface area contributed by atoms with Crippen LogP contribution in [0.25, 0.3) is 0 Å². The Kier molecular flexibility index (Phi) is 8.00. The van der Waals surface area contributed by atoms with Crippen molar-refractivity contribution >= 4 is 47.9 Å². The highest BCUT2D eigenvalue weighted by Gasteiger charge is 2.56. The van der Waals surface area contributed by atoms with Crippen LogP contribution < -0.4 is 0 Å². The zero-order valence-electron chi connectivity index (χ0n) is 14.8. The van der Waals surface area contributed by atoms with Crippen LogP contribution in [0, 0.1) is 21.8 Å². The van der Waals surface area contributed by atoms with Crippen LogP contribution in [0.3, 0.4) is 0 Å². The van der Waals surface area contributed by atoms with E-state index in [4.69, 9.17) is 50.3 Å². The SMILES string of the molecule is C#CC1(O)C(O)C(COP(=O)(O)OP(=O)(O)OP(=O)(O)O)OC1n1ccc(=S)[nH]c1=S. The summed E-state index contributed by atoms with van der Waals surface area (Å²) in [5.74, 6) is 1.94. The van der Waals surface area contributed by atoms with Gasteiger partial charge >= 0.3 is 23.5 Å². The van der Waals surface area contributed by atoms with Gasteiger partial charge < -0.3 is 39.5 Å². The van der Waals surface area contributed by atoms with Gasteiger partial charge in [-0.1, -0.05) is 18.1 Å². The predicted octanol–water partition coefficient (Wildman–Crippen LogP) is 0.241. The molecule has 2 rings (SSSR count).